The SMILES string of the molecule is CCC(CCl)NC(=O)C1CCCc2ccccc21. The Balaban J connectivity index is 2.12. The molecule has 2 unspecified atom stereocenters. The lowest BCUT2D eigenvalue weighted by atomic mass is 9.82. The van der Waals surface area contributed by atoms with Gasteiger partial charge < -0.3 is 5.32 Å². The molecule has 98 valence electrons. The molecule has 2 rings (SSSR count). The molecule has 0 heterocycles. The van der Waals surface area contributed by atoms with E-state index in [0.717, 1.165) is 25.7 Å². The molecule has 0 aliphatic heterocycles. The first-order valence-corrected chi connectivity index (χ1v) is 7.23. The maximum Gasteiger partial charge on any atom is 0.227 e. The van der Waals surface area contributed by atoms with E-state index in [4.69, 9.17) is 11.6 Å². The fourth-order valence-corrected chi connectivity index (χ4v) is 2.87. The van der Waals surface area contributed by atoms with Gasteiger partial charge in [-0.3, -0.25) is 4.79 Å². The molecule has 0 saturated carbocycles. The molecule has 1 aliphatic carbocycles. The van der Waals surface area contributed by atoms with Crippen molar-refractivity contribution in [2.45, 2.75) is 44.6 Å². The van der Waals surface area contributed by atoms with Crippen molar-refractivity contribution in [1.82, 2.24) is 5.32 Å². The summed E-state index contributed by atoms with van der Waals surface area (Å²) in [4.78, 5) is 12.3. The topological polar surface area (TPSA) is 29.1 Å². The largest absolute Gasteiger partial charge is 0.352 e. The summed E-state index contributed by atoms with van der Waals surface area (Å²) in [5, 5.41) is 3.06. The minimum absolute atomic E-state index is 0.00668. The molecule has 1 aromatic rings. The third kappa shape index (κ3) is 2.86. The number of nitrogens with one attached hydrogen (secondary N) is 1. The molecule has 1 amide bonds. The number of benzene rings is 1. The summed E-state index contributed by atoms with van der Waals surface area (Å²) in [6, 6.07) is 8.37. The molecule has 1 N–H and O–H groups in total. The second-order valence-electron chi connectivity index (χ2n) is 4.91. The van der Waals surface area contributed by atoms with Crippen LogP contribution in [-0.2, 0) is 11.2 Å². The van der Waals surface area contributed by atoms with Gasteiger partial charge in [-0.2, -0.15) is 0 Å². The van der Waals surface area contributed by atoms with Crippen molar-refractivity contribution in [3.63, 3.8) is 0 Å². The highest BCUT2D eigenvalue weighted by Gasteiger charge is 2.26. The molecule has 2 nitrogen and oxygen atoms in total. The molecular weight excluding hydrogens is 246 g/mol. The van der Waals surface area contributed by atoms with Gasteiger partial charge in [-0.05, 0) is 36.8 Å². The molecule has 3 heteroatoms. The Morgan fingerprint density at radius 3 is 3.00 bits per heavy atom. The van der Waals surface area contributed by atoms with E-state index in [2.05, 4.69) is 17.4 Å². The Hall–Kier alpha value is -1.02. The summed E-state index contributed by atoms with van der Waals surface area (Å²) >= 11 is 5.84. The highest BCUT2D eigenvalue weighted by Crippen LogP contribution is 2.31. The monoisotopic (exact) mass is 265 g/mol. The third-order valence-corrected chi connectivity index (χ3v) is 4.08. The van der Waals surface area contributed by atoms with Gasteiger partial charge in [0, 0.05) is 11.9 Å². The van der Waals surface area contributed by atoms with Crippen molar-refractivity contribution < 1.29 is 4.79 Å². The van der Waals surface area contributed by atoms with Crippen LogP contribution in [0.5, 0.6) is 0 Å². The zero-order chi connectivity index (χ0) is 13.0. The van der Waals surface area contributed by atoms with Crippen LogP contribution in [0.1, 0.15) is 43.2 Å². The van der Waals surface area contributed by atoms with Crippen LogP contribution < -0.4 is 5.32 Å². The van der Waals surface area contributed by atoms with Crippen LogP contribution in [0.4, 0.5) is 0 Å². The molecule has 0 radical (unpaired) electrons. The molecule has 0 bridgehead atoms. The maximum atomic E-state index is 12.3. The van der Waals surface area contributed by atoms with E-state index in [9.17, 15) is 4.79 Å². The molecule has 2 atom stereocenters. The average molecular weight is 266 g/mol. The molecule has 18 heavy (non-hydrogen) atoms. The smallest absolute Gasteiger partial charge is 0.227 e. The fraction of sp³-hybridized carbons (Fsp3) is 0.533. The minimum Gasteiger partial charge on any atom is -0.352 e. The molecule has 1 aromatic carbocycles. The van der Waals surface area contributed by atoms with Crippen molar-refractivity contribution in [3.05, 3.63) is 35.4 Å². The standard InChI is InChI=1S/C15H20ClNO/c1-2-12(10-16)17-15(18)14-9-5-7-11-6-3-4-8-13(11)14/h3-4,6,8,12,14H,2,5,7,9-10H2,1H3,(H,17,18). The molecule has 0 aromatic heterocycles. The van der Waals surface area contributed by atoms with Gasteiger partial charge in [-0.1, -0.05) is 31.2 Å². The summed E-state index contributed by atoms with van der Waals surface area (Å²) in [6.07, 6.45) is 4.00. The Morgan fingerprint density at radius 1 is 1.50 bits per heavy atom. The van der Waals surface area contributed by atoms with E-state index in [1.807, 2.05) is 19.1 Å². The van der Waals surface area contributed by atoms with Gasteiger partial charge in [0.05, 0.1) is 5.92 Å². The summed E-state index contributed by atoms with van der Waals surface area (Å²) in [6.45, 7) is 2.04. The van der Waals surface area contributed by atoms with E-state index in [1.54, 1.807) is 0 Å². The van der Waals surface area contributed by atoms with Gasteiger partial charge in [0.25, 0.3) is 0 Å². The summed E-state index contributed by atoms with van der Waals surface area (Å²) in [5.41, 5.74) is 2.52. The first kappa shape index (κ1) is 13.4. The first-order chi connectivity index (χ1) is 8.76. The quantitative estimate of drug-likeness (QED) is 0.832. The summed E-state index contributed by atoms with van der Waals surface area (Å²) in [7, 11) is 0. The highest BCUT2D eigenvalue weighted by molar-refractivity contribution is 6.18. The normalized spacial score (nSPS) is 20.0. The molecule has 0 fully saturated rings. The predicted molar refractivity (Wildman–Crippen MR) is 75.1 cm³/mol. The minimum atomic E-state index is 0.00668. The number of carbonyl (C=O) groups is 1. The van der Waals surface area contributed by atoms with Gasteiger partial charge in [-0.25, -0.2) is 0 Å². The molecular formula is C15H20ClNO. The average Bonchev–Trinajstić information content (AvgIpc) is 2.43. The Morgan fingerprint density at radius 2 is 2.28 bits per heavy atom. The van der Waals surface area contributed by atoms with Crippen LogP contribution in [0.3, 0.4) is 0 Å². The van der Waals surface area contributed by atoms with E-state index < -0.39 is 0 Å². The summed E-state index contributed by atoms with van der Waals surface area (Å²) < 4.78 is 0. The van der Waals surface area contributed by atoms with E-state index in [0.29, 0.717) is 5.88 Å². The first-order valence-electron chi connectivity index (χ1n) is 6.70. The Bertz CT molecular complexity index is 415. The number of aryl methyl sites for hydroxylation is 1. The van der Waals surface area contributed by atoms with Crippen molar-refractivity contribution >= 4 is 17.5 Å². The fourth-order valence-electron chi connectivity index (χ4n) is 2.58. The second kappa shape index (κ2) is 6.24. The number of carbonyl (C=O) groups excluding carboxylic acids is 1. The predicted octanol–water partition coefficient (Wildman–Crippen LogP) is 3.24. The number of hydrogen-bond donors (Lipinski definition) is 1. The molecule has 1 aliphatic rings. The second-order valence-corrected chi connectivity index (χ2v) is 5.22. The number of alkyl halides is 1. The van der Waals surface area contributed by atoms with Gasteiger partial charge in [0.2, 0.25) is 5.91 Å². The Kier molecular flexibility index (Phi) is 4.65. The Labute approximate surface area is 114 Å². The number of rotatable bonds is 4. The zero-order valence-corrected chi connectivity index (χ0v) is 11.5. The lowest BCUT2D eigenvalue weighted by Crippen LogP contribution is -2.39. The van der Waals surface area contributed by atoms with Crippen molar-refractivity contribution in [1.29, 1.82) is 0 Å². The third-order valence-electron chi connectivity index (χ3n) is 3.71. The van der Waals surface area contributed by atoms with Crippen LogP contribution in [-0.4, -0.2) is 17.8 Å². The van der Waals surface area contributed by atoms with Crippen molar-refractivity contribution in [2.24, 2.45) is 0 Å². The van der Waals surface area contributed by atoms with E-state index >= 15 is 0 Å². The molecule has 0 spiro atoms. The van der Waals surface area contributed by atoms with Gasteiger partial charge >= 0.3 is 0 Å². The van der Waals surface area contributed by atoms with Gasteiger partial charge in [-0.15, -0.1) is 11.6 Å². The number of hydrogen-bond acceptors (Lipinski definition) is 1. The van der Waals surface area contributed by atoms with Crippen molar-refractivity contribution in [2.75, 3.05) is 5.88 Å². The summed E-state index contributed by atoms with van der Waals surface area (Å²) in [5.74, 6) is 0.623. The highest BCUT2D eigenvalue weighted by atomic mass is 35.5. The van der Waals surface area contributed by atoms with Crippen LogP contribution in [0.25, 0.3) is 0 Å². The number of fused-ring (bicyclic) bond motifs is 1. The lowest BCUT2D eigenvalue weighted by Gasteiger charge is -2.26. The van der Waals surface area contributed by atoms with E-state index in [1.165, 1.54) is 11.1 Å². The van der Waals surface area contributed by atoms with Crippen LogP contribution in [0.2, 0.25) is 0 Å². The molecule has 0 saturated heterocycles. The number of amides is 1. The van der Waals surface area contributed by atoms with Crippen LogP contribution in [0, 0.1) is 0 Å². The zero-order valence-electron chi connectivity index (χ0n) is 10.8. The van der Waals surface area contributed by atoms with Crippen LogP contribution >= 0.6 is 11.6 Å². The number of halogens is 1. The van der Waals surface area contributed by atoms with Gasteiger partial charge in [0.1, 0.15) is 0 Å². The van der Waals surface area contributed by atoms with Crippen LogP contribution in [0.15, 0.2) is 24.3 Å². The maximum absolute atomic E-state index is 12.3. The van der Waals surface area contributed by atoms with Gasteiger partial charge in [0.15, 0.2) is 0 Å². The lowest BCUT2D eigenvalue weighted by molar-refractivity contribution is -0.123. The van der Waals surface area contributed by atoms with E-state index in [-0.39, 0.29) is 17.9 Å². The van der Waals surface area contributed by atoms with Crippen molar-refractivity contribution in [3.8, 4) is 0 Å².